The molecule has 0 aliphatic carbocycles. The molecule has 1 unspecified atom stereocenters. The minimum absolute atomic E-state index is 0.125. The van der Waals surface area contributed by atoms with E-state index >= 15 is 0 Å². The van der Waals surface area contributed by atoms with Crippen molar-refractivity contribution in [1.82, 2.24) is 0 Å². The summed E-state index contributed by atoms with van der Waals surface area (Å²) in [4.78, 5) is 36.7. The van der Waals surface area contributed by atoms with Crippen molar-refractivity contribution in [3.8, 4) is 5.75 Å². The van der Waals surface area contributed by atoms with Crippen LogP contribution in [0.2, 0.25) is 0 Å². The predicted octanol–water partition coefficient (Wildman–Crippen LogP) is 3.59. The number of nitrogens with two attached hydrogens (primary N) is 1. The zero-order valence-corrected chi connectivity index (χ0v) is 22.5. The van der Waals surface area contributed by atoms with Gasteiger partial charge in [0.15, 0.2) is 0 Å². The van der Waals surface area contributed by atoms with Crippen LogP contribution in [0.1, 0.15) is 38.7 Å². The Morgan fingerprint density at radius 2 is 1.76 bits per heavy atom. The Bertz CT molecular complexity index is 1280. The number of sulfonamides is 1. The fourth-order valence-corrected chi connectivity index (χ4v) is 6.49. The number of carboxylic acids is 1. The number of amides is 1. The first kappa shape index (κ1) is 30.6. The average Bonchev–Trinajstić information content (AvgIpc) is 2.88. The number of nitro benzene ring substituents is 1. The first-order valence-electron chi connectivity index (χ1n) is 12.1. The second-order valence-electron chi connectivity index (χ2n) is 9.15. The molecule has 2 atom stereocenters. The Morgan fingerprint density at radius 1 is 1.13 bits per heavy atom. The number of ether oxygens (including phenoxy) is 1. The molecule has 0 heterocycles. The Kier molecular flexibility index (Phi) is 10.7. The number of hydrogen-bond donors (Lipinski definition) is 2. The molecule has 0 bridgehead atoms. The molecule has 0 fully saturated rings. The van der Waals surface area contributed by atoms with Crippen molar-refractivity contribution in [2.75, 3.05) is 20.2 Å². The van der Waals surface area contributed by atoms with Gasteiger partial charge in [-0.3, -0.25) is 10.1 Å². The number of nitro groups is 1. The van der Waals surface area contributed by atoms with Crippen LogP contribution in [0.4, 0.5) is 5.69 Å². The van der Waals surface area contributed by atoms with Crippen molar-refractivity contribution in [2.45, 2.75) is 44.0 Å². The molecule has 3 N–H and O–H groups in total. The molecule has 0 saturated carbocycles. The van der Waals surface area contributed by atoms with Gasteiger partial charge >= 0.3 is 21.9 Å². The number of methoxy groups -OCH3 is 1. The van der Waals surface area contributed by atoms with Gasteiger partial charge in [-0.1, -0.05) is 32.0 Å². The normalized spacial score (nSPS) is 14.2. The van der Waals surface area contributed by atoms with E-state index in [-0.39, 0.29) is 31.6 Å². The lowest BCUT2D eigenvalue weighted by Crippen LogP contribution is -2.65. The molecule has 38 heavy (non-hydrogen) atoms. The highest BCUT2D eigenvalue weighted by Gasteiger charge is 2.57. The number of para-hydroxylation sites is 1. The second-order valence-corrected chi connectivity index (χ2v) is 11.2. The van der Waals surface area contributed by atoms with Crippen molar-refractivity contribution in [3.63, 3.8) is 0 Å². The summed E-state index contributed by atoms with van der Waals surface area (Å²) in [5.41, 5.74) is 5.73. The number of hydrogen-bond acceptors (Lipinski definition) is 8. The first-order chi connectivity index (χ1) is 17.9. The third-order valence-corrected chi connectivity index (χ3v) is 8.36. The van der Waals surface area contributed by atoms with E-state index in [1.54, 1.807) is 38.1 Å². The van der Waals surface area contributed by atoms with E-state index in [2.05, 4.69) is 0 Å². The summed E-state index contributed by atoms with van der Waals surface area (Å²) in [6, 6.07) is 9.19. The topological polar surface area (TPSA) is 167 Å². The van der Waals surface area contributed by atoms with Gasteiger partial charge in [-0.05, 0) is 43.7 Å². The quantitative estimate of drug-likeness (QED) is 0.118. The highest BCUT2D eigenvalue weighted by molar-refractivity contribution is 7.86. The van der Waals surface area contributed by atoms with Crippen molar-refractivity contribution in [2.24, 2.45) is 11.7 Å². The van der Waals surface area contributed by atoms with Crippen molar-refractivity contribution in [1.29, 1.82) is 0 Å². The van der Waals surface area contributed by atoms with Crippen LogP contribution in [-0.4, -0.2) is 60.5 Å². The van der Waals surface area contributed by atoms with Gasteiger partial charge in [0.25, 0.3) is 5.69 Å². The summed E-state index contributed by atoms with van der Waals surface area (Å²) in [6.45, 7) is 3.31. The number of benzene rings is 2. The van der Waals surface area contributed by atoms with Crippen LogP contribution in [0, 0.1) is 16.0 Å². The predicted molar refractivity (Wildman–Crippen MR) is 142 cm³/mol. The Labute approximate surface area is 222 Å². The van der Waals surface area contributed by atoms with E-state index in [0.717, 1.165) is 30.3 Å². The Balaban J connectivity index is 2.82. The van der Waals surface area contributed by atoms with Crippen molar-refractivity contribution >= 4 is 33.7 Å². The lowest BCUT2D eigenvalue weighted by molar-refractivity contribution is -0.749. The number of nitrogens with zero attached hydrogens (tertiary/aromatic N) is 2. The summed E-state index contributed by atoms with van der Waals surface area (Å²) in [5, 5.41) is 21.4. The largest absolute Gasteiger partial charge is 0.496 e. The molecule has 0 aromatic heterocycles. The number of rotatable bonds is 14. The highest BCUT2D eigenvalue weighted by Crippen LogP contribution is 2.34. The molecule has 2 aromatic rings. The summed E-state index contributed by atoms with van der Waals surface area (Å²) < 4.78 is 32.4. The number of unbranched alkanes of at least 4 members (excludes halogenated alkanes) is 1. The summed E-state index contributed by atoms with van der Waals surface area (Å²) in [7, 11) is -3.28. The van der Waals surface area contributed by atoms with Crippen LogP contribution in [0.15, 0.2) is 59.5 Å². The third-order valence-electron chi connectivity index (χ3n) is 6.05. The standard InChI is InChI=1S/C26H33N3O8S/c1-19(2)18-29(23(26(31)32)9-6-7-17-27,25(30)16-11-20-8-4-5-10-24(20)37-3)38(35,36)22-14-12-21(13-15-22)28(33)34/h4-5,8,10-16,19,23H,6-7,9,17-18,27H2,1-3H3/p+1/t23-,29?/m0/s1. The molecule has 2 aromatic carbocycles. The van der Waals surface area contributed by atoms with Gasteiger partial charge < -0.3 is 15.6 Å². The van der Waals surface area contributed by atoms with Gasteiger partial charge in [0.05, 0.1) is 12.0 Å². The molecule has 12 heteroatoms. The van der Waals surface area contributed by atoms with E-state index < -0.39 is 47.6 Å². The molecule has 0 saturated heterocycles. The SMILES string of the molecule is COc1ccccc1C=CC(=O)[N+](CC(C)C)([C@@H](CCCCN)C(=O)O)S(=O)(=O)c1ccc([N+](=O)[O-])cc1. The Morgan fingerprint density at radius 3 is 2.29 bits per heavy atom. The number of carbonyl (C=O) groups is 2. The molecular formula is C26H34N3O8S+. The van der Waals surface area contributed by atoms with Crippen LogP contribution in [0.25, 0.3) is 6.08 Å². The lowest BCUT2D eigenvalue weighted by Gasteiger charge is -2.39. The van der Waals surface area contributed by atoms with Gasteiger partial charge in [0.2, 0.25) is 6.04 Å². The van der Waals surface area contributed by atoms with E-state index in [4.69, 9.17) is 10.5 Å². The van der Waals surface area contributed by atoms with Crippen LogP contribution >= 0.6 is 0 Å². The fourth-order valence-electron chi connectivity index (χ4n) is 4.31. The van der Waals surface area contributed by atoms with E-state index in [1.165, 1.54) is 13.2 Å². The number of aliphatic carboxylic acids is 1. The van der Waals surface area contributed by atoms with Crippen LogP contribution < -0.4 is 10.5 Å². The maximum atomic E-state index is 14.3. The zero-order chi connectivity index (χ0) is 28.5. The average molecular weight is 549 g/mol. The number of quaternary nitrogens is 1. The first-order valence-corrected chi connectivity index (χ1v) is 13.5. The molecule has 11 nitrogen and oxygen atoms in total. The minimum atomic E-state index is -4.73. The van der Waals surface area contributed by atoms with Crippen molar-refractivity contribution in [3.05, 3.63) is 70.3 Å². The second kappa shape index (κ2) is 13.3. The van der Waals surface area contributed by atoms with E-state index in [9.17, 15) is 33.2 Å². The summed E-state index contributed by atoms with van der Waals surface area (Å²) in [5.74, 6) is -2.38. The lowest BCUT2D eigenvalue weighted by atomic mass is 10.0. The maximum absolute atomic E-state index is 14.3. The minimum Gasteiger partial charge on any atom is -0.496 e. The highest BCUT2D eigenvalue weighted by atomic mass is 32.2. The van der Waals surface area contributed by atoms with Gasteiger partial charge in [-0.25, -0.2) is 9.59 Å². The Hall–Kier alpha value is -3.61. The molecule has 1 amide bonds. The molecular weight excluding hydrogens is 514 g/mol. The maximum Gasteiger partial charge on any atom is 0.364 e. The third kappa shape index (κ3) is 6.63. The number of carbonyl (C=O) groups excluding carboxylic acids is 1. The number of carboxylic acid groups (broad SMARTS) is 1. The van der Waals surface area contributed by atoms with Gasteiger partial charge in [0, 0.05) is 36.1 Å². The van der Waals surface area contributed by atoms with E-state index in [1.807, 2.05) is 0 Å². The molecule has 0 aliphatic rings. The van der Waals surface area contributed by atoms with Crippen LogP contribution in [-0.2, 0) is 19.6 Å². The summed E-state index contributed by atoms with van der Waals surface area (Å²) in [6.07, 6.45) is 3.04. The fraction of sp³-hybridized carbons (Fsp3) is 0.385. The van der Waals surface area contributed by atoms with Gasteiger partial charge in [-0.15, -0.1) is 3.89 Å². The van der Waals surface area contributed by atoms with Crippen LogP contribution in [0.5, 0.6) is 5.75 Å². The molecule has 0 aliphatic heterocycles. The van der Waals surface area contributed by atoms with Crippen molar-refractivity contribution < 1.29 is 36.7 Å². The molecule has 206 valence electrons. The summed E-state index contributed by atoms with van der Waals surface area (Å²) >= 11 is 0. The zero-order valence-electron chi connectivity index (χ0n) is 21.6. The van der Waals surface area contributed by atoms with Gasteiger partial charge in [0.1, 0.15) is 17.2 Å². The monoisotopic (exact) mass is 548 g/mol. The molecule has 2 rings (SSSR count). The van der Waals surface area contributed by atoms with Gasteiger partial charge in [-0.2, -0.15) is 8.42 Å². The molecule has 0 spiro atoms. The number of non-ortho nitro benzene ring substituents is 1. The molecule has 0 radical (unpaired) electrons. The van der Waals surface area contributed by atoms with E-state index in [0.29, 0.717) is 17.7 Å². The smallest absolute Gasteiger partial charge is 0.364 e. The van der Waals surface area contributed by atoms with Crippen LogP contribution in [0.3, 0.4) is 0 Å².